The van der Waals surface area contributed by atoms with Crippen LogP contribution in [0.3, 0.4) is 0 Å². The van der Waals surface area contributed by atoms with E-state index in [0.29, 0.717) is 38.2 Å². The third-order valence-electron chi connectivity index (χ3n) is 10.3. The zero-order valence-electron chi connectivity index (χ0n) is 30.9. The molecule has 11 heteroatoms. The molecule has 3 aromatic carbocycles. The molecule has 0 bridgehead atoms. The fraction of sp³-hybridized carbons (Fsp3) is 0.500. The zero-order chi connectivity index (χ0) is 37.3. The van der Waals surface area contributed by atoms with Crippen molar-refractivity contribution in [2.45, 2.75) is 76.4 Å². The molecule has 0 spiro atoms. The van der Waals surface area contributed by atoms with Gasteiger partial charge < -0.3 is 35.4 Å². The van der Waals surface area contributed by atoms with Crippen molar-refractivity contribution >= 4 is 23.6 Å². The van der Waals surface area contributed by atoms with Crippen LogP contribution in [0.5, 0.6) is 5.75 Å². The Kier molecular flexibility index (Phi) is 16.0. The lowest BCUT2D eigenvalue weighted by Gasteiger charge is -2.31. The summed E-state index contributed by atoms with van der Waals surface area (Å²) in [6, 6.07) is 24.7. The molecule has 0 saturated carbocycles. The van der Waals surface area contributed by atoms with Crippen LogP contribution in [0.1, 0.15) is 63.4 Å². The lowest BCUT2D eigenvalue weighted by atomic mass is 9.94. The number of carbonyl (C=O) groups is 3. The lowest BCUT2D eigenvalue weighted by molar-refractivity contribution is -0.125. The van der Waals surface area contributed by atoms with Crippen molar-refractivity contribution in [2.75, 3.05) is 57.7 Å². The number of rotatable bonds is 18. The number of anilines is 1. The average Bonchev–Trinajstić information content (AvgIpc) is 3.17. The minimum absolute atomic E-state index is 0.0356. The number of unbranched alkanes of at least 4 members (excludes halogenated alkanes) is 2. The monoisotopic (exact) mass is 727 g/mol. The predicted molar refractivity (Wildman–Crippen MR) is 208 cm³/mol. The molecule has 3 aromatic rings. The Morgan fingerprint density at radius 3 is 2.13 bits per heavy atom. The van der Waals surface area contributed by atoms with Crippen molar-refractivity contribution in [3.05, 3.63) is 84.4 Å². The van der Waals surface area contributed by atoms with Crippen molar-refractivity contribution in [3.8, 4) is 16.9 Å². The first-order valence-electron chi connectivity index (χ1n) is 19.4. The molecule has 1 atom stereocenters. The molecule has 2 fully saturated rings. The predicted octanol–water partition coefficient (Wildman–Crippen LogP) is 5.57. The van der Waals surface area contributed by atoms with E-state index < -0.39 is 6.09 Å². The first-order chi connectivity index (χ1) is 25.8. The van der Waals surface area contributed by atoms with Gasteiger partial charge in [0.05, 0.1) is 11.8 Å². The second-order valence-corrected chi connectivity index (χ2v) is 14.4. The molecule has 2 aliphatic heterocycles. The number of piperidine rings is 2. The smallest absolute Gasteiger partial charge is 0.411 e. The highest BCUT2D eigenvalue weighted by molar-refractivity contribution is 5.91. The third kappa shape index (κ3) is 13.8. The van der Waals surface area contributed by atoms with Gasteiger partial charge in [-0.2, -0.15) is 0 Å². The van der Waals surface area contributed by atoms with E-state index >= 15 is 0 Å². The van der Waals surface area contributed by atoms with E-state index in [1.54, 1.807) is 12.1 Å². The minimum atomic E-state index is -0.450. The number of benzene rings is 3. The molecule has 5 rings (SSSR count). The Morgan fingerprint density at radius 2 is 1.40 bits per heavy atom. The van der Waals surface area contributed by atoms with Crippen molar-refractivity contribution in [3.63, 3.8) is 0 Å². The van der Waals surface area contributed by atoms with E-state index in [4.69, 9.17) is 4.74 Å². The number of hydrogen-bond acceptors (Lipinski definition) is 8. The summed E-state index contributed by atoms with van der Waals surface area (Å²) >= 11 is 0. The highest BCUT2D eigenvalue weighted by Crippen LogP contribution is 2.28. The van der Waals surface area contributed by atoms with Gasteiger partial charge in [0.2, 0.25) is 11.8 Å². The number of carbonyl (C=O) groups excluding carboxylic acids is 3. The van der Waals surface area contributed by atoms with Gasteiger partial charge in [0.25, 0.3) is 0 Å². The second kappa shape index (κ2) is 21.3. The second-order valence-electron chi connectivity index (χ2n) is 14.4. The number of phenols is 1. The molecule has 2 aliphatic rings. The van der Waals surface area contributed by atoms with Crippen molar-refractivity contribution < 1.29 is 29.3 Å². The Morgan fingerprint density at radius 1 is 0.755 bits per heavy atom. The Labute approximate surface area is 314 Å². The molecule has 5 N–H and O–H groups in total. The molecule has 3 amide bonds. The van der Waals surface area contributed by atoms with E-state index in [9.17, 15) is 24.6 Å². The Bertz CT molecular complexity index is 1560. The molecule has 0 radical (unpaired) electrons. The van der Waals surface area contributed by atoms with E-state index in [2.05, 4.69) is 25.8 Å². The molecule has 286 valence electrons. The maximum Gasteiger partial charge on any atom is 0.411 e. The molecule has 53 heavy (non-hydrogen) atoms. The van der Waals surface area contributed by atoms with Crippen LogP contribution in [0.15, 0.2) is 78.9 Å². The topological polar surface area (TPSA) is 143 Å². The number of nitrogens with one attached hydrogen (secondary N) is 3. The SMILES string of the molecule is O=C(CCN1CCC(OC(=O)Nc2ccccc2-c2ccccc2)CC1)NCCCCCNC(=O)C(CCN1CCC(O)CC1)Cc1ccc(O)cc1. The van der Waals surface area contributed by atoms with Crippen LogP contribution in [-0.4, -0.2) is 102 Å². The molecular weight excluding hydrogens is 670 g/mol. The highest BCUT2D eigenvalue weighted by Gasteiger charge is 2.24. The number of aliphatic hydroxyl groups is 1. The number of ether oxygens (including phenoxy) is 1. The van der Waals surface area contributed by atoms with Crippen molar-refractivity contribution in [1.29, 1.82) is 0 Å². The van der Waals surface area contributed by atoms with E-state index in [1.165, 1.54) is 0 Å². The minimum Gasteiger partial charge on any atom is -0.508 e. The fourth-order valence-electron chi connectivity index (χ4n) is 7.09. The van der Waals surface area contributed by atoms with Crippen LogP contribution < -0.4 is 16.0 Å². The van der Waals surface area contributed by atoms with E-state index in [1.807, 2.05) is 66.7 Å². The summed E-state index contributed by atoms with van der Waals surface area (Å²) in [5.41, 5.74) is 3.70. The van der Waals surface area contributed by atoms with Gasteiger partial charge in [-0.3, -0.25) is 14.9 Å². The van der Waals surface area contributed by atoms with Crippen LogP contribution in [0.25, 0.3) is 11.1 Å². The van der Waals surface area contributed by atoms with Gasteiger partial charge in [-0.05, 0) is 93.7 Å². The summed E-state index contributed by atoms with van der Waals surface area (Å²) in [7, 11) is 0. The quantitative estimate of drug-likeness (QED) is 0.107. The number of amides is 3. The van der Waals surface area contributed by atoms with Gasteiger partial charge >= 0.3 is 6.09 Å². The number of para-hydroxylation sites is 1. The van der Waals surface area contributed by atoms with Gasteiger partial charge in [-0.15, -0.1) is 0 Å². The van der Waals surface area contributed by atoms with Gasteiger partial charge in [0, 0.05) is 63.7 Å². The summed E-state index contributed by atoms with van der Waals surface area (Å²) in [6.07, 6.45) is 6.56. The maximum atomic E-state index is 13.2. The largest absolute Gasteiger partial charge is 0.508 e. The third-order valence-corrected chi connectivity index (χ3v) is 10.3. The van der Waals surface area contributed by atoms with Gasteiger partial charge in [-0.1, -0.05) is 60.7 Å². The summed E-state index contributed by atoms with van der Waals surface area (Å²) in [6.45, 7) is 5.95. The van der Waals surface area contributed by atoms with E-state index in [-0.39, 0.29) is 35.7 Å². The number of nitrogens with zero attached hydrogens (tertiary/aromatic N) is 2. The number of aliphatic hydroxyl groups excluding tert-OH is 1. The van der Waals surface area contributed by atoms with Crippen molar-refractivity contribution in [1.82, 2.24) is 20.4 Å². The lowest BCUT2D eigenvalue weighted by Crippen LogP contribution is -2.40. The number of hydrogen-bond donors (Lipinski definition) is 5. The molecule has 2 heterocycles. The van der Waals surface area contributed by atoms with Gasteiger partial charge in [0.15, 0.2) is 0 Å². The van der Waals surface area contributed by atoms with Gasteiger partial charge in [0.1, 0.15) is 11.9 Å². The van der Waals surface area contributed by atoms with Crippen LogP contribution in [0.4, 0.5) is 10.5 Å². The van der Waals surface area contributed by atoms with Gasteiger partial charge in [-0.25, -0.2) is 4.79 Å². The average molecular weight is 728 g/mol. The molecule has 1 unspecified atom stereocenters. The molecule has 0 aliphatic carbocycles. The maximum absolute atomic E-state index is 13.2. The molecule has 11 nitrogen and oxygen atoms in total. The summed E-state index contributed by atoms with van der Waals surface area (Å²) in [5, 5.41) is 28.6. The first-order valence-corrected chi connectivity index (χ1v) is 19.4. The summed E-state index contributed by atoms with van der Waals surface area (Å²) < 4.78 is 5.75. The van der Waals surface area contributed by atoms with Crippen LogP contribution in [0.2, 0.25) is 0 Å². The molecular formula is C42H57N5O6. The fourth-order valence-corrected chi connectivity index (χ4v) is 7.09. The first kappa shape index (κ1) is 39.8. The van der Waals surface area contributed by atoms with Crippen molar-refractivity contribution in [2.24, 2.45) is 5.92 Å². The molecule has 2 saturated heterocycles. The van der Waals surface area contributed by atoms with E-state index in [0.717, 1.165) is 101 Å². The molecule has 0 aromatic heterocycles. The standard InChI is InChI=1S/C42H57N5O6/c48-35-15-13-32(14-16-35)31-34(17-25-46-26-18-36(49)19-27-46)41(51)44-24-8-2-7-23-43-40(50)22-30-47-28-20-37(21-29-47)53-42(52)45-39-12-6-5-11-38(39)33-9-3-1-4-10-33/h1,3-6,9-16,34,36-37,48-49H,2,7-8,17-31H2,(H,43,50)(H,44,51)(H,45,52). The Balaban J connectivity index is 0.909. The number of aromatic hydroxyl groups is 1. The normalized spacial score (nSPS) is 16.5. The van der Waals surface area contributed by atoms with Crippen LogP contribution in [-0.2, 0) is 20.7 Å². The Hall–Kier alpha value is -4.45. The zero-order valence-corrected chi connectivity index (χ0v) is 30.9. The van der Waals surface area contributed by atoms with Crippen LogP contribution >= 0.6 is 0 Å². The highest BCUT2D eigenvalue weighted by atomic mass is 16.6. The number of phenolic OH excluding ortho intramolecular Hbond substituents is 1. The summed E-state index contributed by atoms with van der Waals surface area (Å²) in [4.78, 5) is 43.0. The summed E-state index contributed by atoms with van der Waals surface area (Å²) in [5.74, 6) is 0.127. The van der Waals surface area contributed by atoms with Crippen LogP contribution in [0, 0.1) is 5.92 Å². The number of likely N-dealkylation sites (tertiary alicyclic amines) is 2.